The number of carbonyl (C=O) groups is 1. The Labute approximate surface area is 136 Å². The molecule has 2 aromatic rings. The summed E-state index contributed by atoms with van der Waals surface area (Å²) < 4.78 is 0. The topological polar surface area (TPSA) is 42.0 Å². The quantitative estimate of drug-likeness (QED) is 0.917. The van der Waals surface area contributed by atoms with Gasteiger partial charge in [0, 0.05) is 17.6 Å². The molecule has 6 rings (SSSR count). The van der Waals surface area contributed by atoms with Crippen molar-refractivity contribution >= 4 is 16.8 Å². The molecule has 1 N–H and O–H groups in total. The van der Waals surface area contributed by atoms with Gasteiger partial charge in [0.1, 0.15) is 0 Å². The zero-order chi connectivity index (χ0) is 15.4. The highest BCUT2D eigenvalue weighted by Crippen LogP contribution is 2.53. The number of amides is 1. The van der Waals surface area contributed by atoms with Crippen LogP contribution in [-0.2, 0) is 0 Å². The van der Waals surface area contributed by atoms with E-state index in [9.17, 15) is 4.79 Å². The molecule has 0 unspecified atom stereocenters. The number of benzene rings is 1. The van der Waals surface area contributed by atoms with Crippen LogP contribution in [0.2, 0.25) is 0 Å². The Balaban J connectivity index is 1.43. The summed E-state index contributed by atoms with van der Waals surface area (Å²) in [5.74, 6) is 3.38. The van der Waals surface area contributed by atoms with Crippen molar-refractivity contribution in [3.05, 3.63) is 42.1 Å². The maximum atomic E-state index is 12.9. The molecule has 4 bridgehead atoms. The molecule has 1 heterocycles. The van der Waals surface area contributed by atoms with Gasteiger partial charge in [-0.15, -0.1) is 0 Å². The molecule has 0 atom stereocenters. The zero-order valence-electron chi connectivity index (χ0n) is 13.2. The second kappa shape index (κ2) is 5.05. The maximum absolute atomic E-state index is 12.9. The Hall–Kier alpha value is -1.90. The summed E-state index contributed by atoms with van der Waals surface area (Å²) in [6.07, 6.45) is 8.50. The van der Waals surface area contributed by atoms with E-state index in [0.717, 1.165) is 28.3 Å². The van der Waals surface area contributed by atoms with Crippen molar-refractivity contribution in [2.24, 2.45) is 23.7 Å². The van der Waals surface area contributed by atoms with Crippen LogP contribution in [0.4, 0.5) is 0 Å². The largest absolute Gasteiger partial charge is 0.349 e. The van der Waals surface area contributed by atoms with Gasteiger partial charge < -0.3 is 5.32 Å². The van der Waals surface area contributed by atoms with E-state index in [1.54, 1.807) is 6.20 Å². The van der Waals surface area contributed by atoms with Crippen LogP contribution in [0.15, 0.2) is 36.5 Å². The minimum atomic E-state index is 0.0843. The lowest BCUT2D eigenvalue weighted by Gasteiger charge is -2.54. The third-order valence-electron chi connectivity index (χ3n) is 6.42. The summed E-state index contributed by atoms with van der Waals surface area (Å²) in [7, 11) is 0. The highest BCUT2D eigenvalue weighted by Gasteiger charge is 2.48. The third kappa shape index (κ3) is 2.17. The van der Waals surface area contributed by atoms with Crippen molar-refractivity contribution in [2.45, 2.75) is 38.1 Å². The Morgan fingerprint density at radius 1 is 0.957 bits per heavy atom. The number of fused-ring (bicyclic) bond motifs is 1. The number of hydrogen-bond acceptors (Lipinski definition) is 2. The molecule has 1 aromatic carbocycles. The van der Waals surface area contributed by atoms with Crippen LogP contribution >= 0.6 is 0 Å². The molecule has 4 aliphatic rings. The molecule has 23 heavy (non-hydrogen) atoms. The van der Waals surface area contributed by atoms with Gasteiger partial charge in [0.15, 0.2) is 0 Å². The lowest BCUT2D eigenvalue weighted by Crippen LogP contribution is -2.55. The SMILES string of the molecule is O=C(NC1C2CC3CC(C2)CC1C3)c1ccnc2ccccc12. The number of para-hydroxylation sites is 1. The van der Waals surface area contributed by atoms with Crippen LogP contribution in [0.25, 0.3) is 10.9 Å². The molecule has 1 aromatic heterocycles. The Bertz CT molecular complexity index is 736. The lowest BCUT2D eigenvalue weighted by molar-refractivity contribution is -0.0119. The smallest absolute Gasteiger partial charge is 0.252 e. The Kier molecular flexibility index (Phi) is 2.97. The van der Waals surface area contributed by atoms with Crippen LogP contribution < -0.4 is 5.32 Å². The fraction of sp³-hybridized carbons (Fsp3) is 0.500. The fourth-order valence-electron chi connectivity index (χ4n) is 5.68. The van der Waals surface area contributed by atoms with Gasteiger partial charge in [-0.05, 0) is 67.9 Å². The predicted molar refractivity (Wildman–Crippen MR) is 90.0 cm³/mol. The van der Waals surface area contributed by atoms with Crippen LogP contribution in [-0.4, -0.2) is 16.9 Å². The molecule has 0 saturated heterocycles. The minimum Gasteiger partial charge on any atom is -0.349 e. The molecule has 3 nitrogen and oxygen atoms in total. The summed E-state index contributed by atoms with van der Waals surface area (Å²) in [6.45, 7) is 0. The third-order valence-corrected chi connectivity index (χ3v) is 6.42. The molecule has 4 fully saturated rings. The molecule has 4 saturated carbocycles. The van der Waals surface area contributed by atoms with Gasteiger partial charge in [-0.2, -0.15) is 0 Å². The Morgan fingerprint density at radius 3 is 2.39 bits per heavy atom. The summed E-state index contributed by atoms with van der Waals surface area (Å²) in [4.78, 5) is 17.3. The zero-order valence-corrected chi connectivity index (χ0v) is 13.2. The number of carbonyl (C=O) groups excluding carboxylic acids is 1. The maximum Gasteiger partial charge on any atom is 0.252 e. The lowest BCUT2D eigenvalue weighted by atomic mass is 9.54. The number of pyridine rings is 1. The first-order valence-corrected chi connectivity index (χ1v) is 8.92. The van der Waals surface area contributed by atoms with Gasteiger partial charge in [0.25, 0.3) is 5.91 Å². The number of nitrogens with one attached hydrogen (secondary N) is 1. The van der Waals surface area contributed by atoms with Gasteiger partial charge in [-0.3, -0.25) is 9.78 Å². The van der Waals surface area contributed by atoms with Crippen LogP contribution in [0.1, 0.15) is 42.5 Å². The van der Waals surface area contributed by atoms with Gasteiger partial charge in [0.2, 0.25) is 0 Å². The first-order chi connectivity index (χ1) is 11.3. The Morgan fingerprint density at radius 2 is 1.65 bits per heavy atom. The summed E-state index contributed by atoms with van der Waals surface area (Å²) >= 11 is 0. The number of rotatable bonds is 2. The van der Waals surface area contributed by atoms with E-state index < -0.39 is 0 Å². The van der Waals surface area contributed by atoms with Crippen LogP contribution in [0.5, 0.6) is 0 Å². The molecular weight excluding hydrogens is 284 g/mol. The number of hydrogen-bond donors (Lipinski definition) is 1. The van der Waals surface area contributed by atoms with Crippen molar-refractivity contribution in [2.75, 3.05) is 0 Å². The molecule has 3 heteroatoms. The first kappa shape index (κ1) is 13.5. The second-order valence-electron chi connectivity index (χ2n) is 7.81. The molecule has 4 aliphatic carbocycles. The highest BCUT2D eigenvalue weighted by molar-refractivity contribution is 6.06. The molecule has 1 amide bonds. The average molecular weight is 306 g/mol. The first-order valence-electron chi connectivity index (χ1n) is 8.92. The summed E-state index contributed by atoms with van der Waals surface area (Å²) in [5, 5.41) is 4.36. The van der Waals surface area contributed by atoms with Crippen molar-refractivity contribution < 1.29 is 4.79 Å². The van der Waals surface area contributed by atoms with Crippen molar-refractivity contribution in [3.63, 3.8) is 0 Å². The average Bonchev–Trinajstić information content (AvgIpc) is 2.57. The van der Waals surface area contributed by atoms with Gasteiger partial charge in [-0.25, -0.2) is 0 Å². The molecule has 0 radical (unpaired) electrons. The van der Waals surface area contributed by atoms with Gasteiger partial charge in [-0.1, -0.05) is 18.2 Å². The molecule has 0 spiro atoms. The van der Waals surface area contributed by atoms with E-state index in [0.29, 0.717) is 17.9 Å². The molecule has 118 valence electrons. The highest BCUT2D eigenvalue weighted by atomic mass is 16.1. The predicted octanol–water partition coefficient (Wildman–Crippen LogP) is 3.79. The van der Waals surface area contributed by atoms with Crippen LogP contribution in [0.3, 0.4) is 0 Å². The van der Waals surface area contributed by atoms with E-state index >= 15 is 0 Å². The second-order valence-corrected chi connectivity index (χ2v) is 7.81. The fourth-order valence-corrected chi connectivity index (χ4v) is 5.68. The normalized spacial score (nSPS) is 34.7. The van der Waals surface area contributed by atoms with E-state index in [4.69, 9.17) is 0 Å². The van der Waals surface area contributed by atoms with E-state index in [2.05, 4.69) is 10.3 Å². The van der Waals surface area contributed by atoms with E-state index in [1.807, 2.05) is 30.3 Å². The summed E-state index contributed by atoms with van der Waals surface area (Å²) in [6, 6.07) is 10.2. The standard InChI is InChI=1S/C20H22N2O/c23-20(17-5-6-21-18-4-2-1-3-16(17)18)22-19-14-8-12-7-13(10-14)11-15(19)9-12/h1-6,12-15,19H,7-11H2,(H,22,23). The van der Waals surface area contributed by atoms with Crippen molar-refractivity contribution in [1.29, 1.82) is 0 Å². The molecule has 0 aliphatic heterocycles. The van der Waals surface area contributed by atoms with Crippen molar-refractivity contribution in [3.8, 4) is 0 Å². The van der Waals surface area contributed by atoms with E-state index in [1.165, 1.54) is 32.1 Å². The monoisotopic (exact) mass is 306 g/mol. The van der Waals surface area contributed by atoms with Crippen LogP contribution in [0, 0.1) is 23.7 Å². The van der Waals surface area contributed by atoms with Gasteiger partial charge in [0.05, 0.1) is 11.1 Å². The van der Waals surface area contributed by atoms with Gasteiger partial charge >= 0.3 is 0 Å². The molecular formula is C20H22N2O. The van der Waals surface area contributed by atoms with E-state index in [-0.39, 0.29) is 5.91 Å². The minimum absolute atomic E-state index is 0.0843. The summed E-state index contributed by atoms with van der Waals surface area (Å²) in [5.41, 5.74) is 1.66. The van der Waals surface area contributed by atoms with Crippen molar-refractivity contribution in [1.82, 2.24) is 10.3 Å². The number of aromatic nitrogens is 1. The number of nitrogens with zero attached hydrogens (tertiary/aromatic N) is 1.